The van der Waals surface area contributed by atoms with Crippen molar-refractivity contribution in [3.8, 4) is 5.75 Å². The molecule has 0 saturated carbocycles. The van der Waals surface area contributed by atoms with Crippen LogP contribution in [0.3, 0.4) is 0 Å². The van der Waals surface area contributed by atoms with E-state index < -0.39 is 0 Å². The van der Waals surface area contributed by atoms with E-state index in [-0.39, 0.29) is 29.4 Å². The van der Waals surface area contributed by atoms with Gasteiger partial charge in [-0.25, -0.2) is 0 Å². The molecular weight excluding hydrogens is 489 g/mol. The highest BCUT2D eigenvalue weighted by atomic mass is 127. The Kier molecular flexibility index (Phi) is 10.4. The highest BCUT2D eigenvalue weighted by Gasteiger charge is 2.34. The van der Waals surface area contributed by atoms with Gasteiger partial charge in [-0.1, -0.05) is 42.5 Å². The van der Waals surface area contributed by atoms with E-state index >= 15 is 0 Å². The third-order valence-corrected chi connectivity index (χ3v) is 5.59. The minimum atomic E-state index is 0. The molecule has 164 valence electrons. The van der Waals surface area contributed by atoms with Crippen LogP contribution in [0.5, 0.6) is 5.75 Å². The third kappa shape index (κ3) is 6.87. The van der Waals surface area contributed by atoms with Crippen molar-refractivity contribution in [2.24, 2.45) is 4.99 Å². The third-order valence-electron chi connectivity index (χ3n) is 5.59. The average molecular weight is 523 g/mol. The van der Waals surface area contributed by atoms with Gasteiger partial charge in [0.15, 0.2) is 5.96 Å². The van der Waals surface area contributed by atoms with Crippen molar-refractivity contribution < 1.29 is 9.47 Å². The molecule has 0 radical (unpaired) electrons. The topological polar surface area (TPSA) is 54.9 Å². The van der Waals surface area contributed by atoms with Gasteiger partial charge in [-0.05, 0) is 49.4 Å². The molecule has 5 nitrogen and oxygen atoms in total. The molecule has 0 unspecified atom stereocenters. The van der Waals surface area contributed by atoms with Gasteiger partial charge in [0.2, 0.25) is 0 Å². The predicted octanol–water partition coefficient (Wildman–Crippen LogP) is 4.16. The fourth-order valence-electron chi connectivity index (χ4n) is 3.79. The Morgan fingerprint density at radius 3 is 2.37 bits per heavy atom. The maximum Gasteiger partial charge on any atom is 0.191 e. The second-order valence-corrected chi connectivity index (χ2v) is 7.48. The number of hydrogen-bond acceptors (Lipinski definition) is 3. The van der Waals surface area contributed by atoms with Gasteiger partial charge in [-0.3, -0.25) is 4.99 Å². The summed E-state index contributed by atoms with van der Waals surface area (Å²) in [5, 5.41) is 6.87. The van der Waals surface area contributed by atoms with Gasteiger partial charge in [-0.2, -0.15) is 0 Å². The number of aliphatic imine (C=N–C) groups is 1. The lowest BCUT2D eigenvalue weighted by Gasteiger charge is -2.36. The Hall–Kier alpha value is -1.80. The molecule has 0 bridgehead atoms. The fraction of sp³-hybridized carbons (Fsp3) is 0.458. The number of hydrogen-bond donors (Lipinski definition) is 2. The van der Waals surface area contributed by atoms with E-state index in [1.54, 1.807) is 7.11 Å². The van der Waals surface area contributed by atoms with E-state index in [0.29, 0.717) is 0 Å². The Morgan fingerprint density at radius 2 is 1.73 bits per heavy atom. The molecule has 30 heavy (non-hydrogen) atoms. The molecule has 3 rings (SSSR count). The first-order valence-electron chi connectivity index (χ1n) is 10.5. The number of methoxy groups -OCH3 is 1. The molecule has 1 saturated heterocycles. The summed E-state index contributed by atoms with van der Waals surface area (Å²) < 4.78 is 11.0. The van der Waals surface area contributed by atoms with Crippen LogP contribution in [0.4, 0.5) is 0 Å². The summed E-state index contributed by atoms with van der Waals surface area (Å²) in [5.74, 6) is 1.76. The number of nitrogens with one attached hydrogen (secondary N) is 2. The number of halogens is 1. The van der Waals surface area contributed by atoms with Crippen LogP contribution in [0.15, 0.2) is 59.6 Å². The van der Waals surface area contributed by atoms with Crippen LogP contribution in [0, 0.1) is 0 Å². The molecule has 2 N–H and O–H groups in total. The van der Waals surface area contributed by atoms with E-state index in [4.69, 9.17) is 14.5 Å². The van der Waals surface area contributed by atoms with E-state index in [9.17, 15) is 0 Å². The quantitative estimate of drug-likeness (QED) is 0.310. The predicted molar refractivity (Wildman–Crippen MR) is 134 cm³/mol. The SMILES string of the molecule is CCNC(=NCC1(c2ccc(OC)cc2)CCOCC1)NCCc1ccccc1.I. The largest absolute Gasteiger partial charge is 0.497 e. The number of benzene rings is 2. The zero-order valence-electron chi connectivity index (χ0n) is 18.0. The summed E-state index contributed by atoms with van der Waals surface area (Å²) in [5.41, 5.74) is 2.65. The molecule has 0 spiro atoms. The molecule has 0 aliphatic carbocycles. The Balaban J connectivity index is 0.00000320. The molecule has 1 fully saturated rings. The second kappa shape index (κ2) is 12.8. The van der Waals surface area contributed by atoms with Crippen molar-refractivity contribution >= 4 is 29.9 Å². The summed E-state index contributed by atoms with van der Waals surface area (Å²) in [6, 6.07) is 19.0. The summed E-state index contributed by atoms with van der Waals surface area (Å²) in [4.78, 5) is 4.97. The van der Waals surface area contributed by atoms with Crippen LogP contribution in [-0.4, -0.2) is 45.9 Å². The Morgan fingerprint density at radius 1 is 1.03 bits per heavy atom. The zero-order valence-corrected chi connectivity index (χ0v) is 20.4. The van der Waals surface area contributed by atoms with E-state index in [1.165, 1.54) is 11.1 Å². The second-order valence-electron chi connectivity index (χ2n) is 7.48. The van der Waals surface area contributed by atoms with Crippen LogP contribution in [0.1, 0.15) is 30.9 Å². The molecule has 1 aliphatic rings. The lowest BCUT2D eigenvalue weighted by Crippen LogP contribution is -2.41. The average Bonchev–Trinajstić information content (AvgIpc) is 2.79. The normalized spacial score (nSPS) is 15.7. The molecule has 2 aromatic rings. The number of guanidine groups is 1. The van der Waals surface area contributed by atoms with Crippen molar-refractivity contribution in [2.45, 2.75) is 31.6 Å². The standard InChI is InChI=1S/C24H33N3O2.HI/c1-3-25-23(26-16-13-20-7-5-4-6-8-20)27-19-24(14-17-29-18-15-24)21-9-11-22(28-2)12-10-21;/h4-12H,3,13-19H2,1-2H3,(H2,25,26,27);1H. The van der Waals surface area contributed by atoms with E-state index in [1.807, 2.05) is 12.1 Å². The van der Waals surface area contributed by atoms with Gasteiger partial charge in [-0.15, -0.1) is 24.0 Å². The molecular formula is C24H34IN3O2. The molecule has 2 aromatic carbocycles. The number of ether oxygens (including phenoxy) is 2. The lowest BCUT2D eigenvalue weighted by atomic mass is 9.74. The van der Waals surface area contributed by atoms with Crippen molar-refractivity contribution in [2.75, 3.05) is 40.0 Å². The van der Waals surface area contributed by atoms with Crippen molar-refractivity contribution in [3.63, 3.8) is 0 Å². The van der Waals surface area contributed by atoms with Gasteiger partial charge in [0.25, 0.3) is 0 Å². The highest BCUT2D eigenvalue weighted by molar-refractivity contribution is 14.0. The van der Waals surface area contributed by atoms with Crippen molar-refractivity contribution in [3.05, 3.63) is 65.7 Å². The van der Waals surface area contributed by atoms with Gasteiger partial charge in [0.05, 0.1) is 13.7 Å². The molecule has 1 aliphatic heterocycles. The fourth-order valence-corrected chi connectivity index (χ4v) is 3.79. The first kappa shape index (κ1) is 24.5. The summed E-state index contributed by atoms with van der Waals surface area (Å²) in [7, 11) is 1.70. The first-order valence-corrected chi connectivity index (χ1v) is 10.5. The van der Waals surface area contributed by atoms with Crippen LogP contribution in [0.2, 0.25) is 0 Å². The van der Waals surface area contributed by atoms with Gasteiger partial charge < -0.3 is 20.1 Å². The summed E-state index contributed by atoms with van der Waals surface area (Å²) in [6.45, 7) is 6.09. The van der Waals surface area contributed by atoms with Crippen LogP contribution < -0.4 is 15.4 Å². The van der Waals surface area contributed by atoms with Gasteiger partial charge in [0.1, 0.15) is 5.75 Å². The smallest absolute Gasteiger partial charge is 0.191 e. The lowest BCUT2D eigenvalue weighted by molar-refractivity contribution is 0.0531. The minimum Gasteiger partial charge on any atom is -0.497 e. The Bertz CT molecular complexity index is 760. The minimum absolute atomic E-state index is 0. The monoisotopic (exact) mass is 523 g/mol. The van der Waals surface area contributed by atoms with Gasteiger partial charge in [0, 0.05) is 31.7 Å². The molecule has 6 heteroatoms. The number of rotatable bonds is 8. The maximum atomic E-state index is 5.65. The summed E-state index contributed by atoms with van der Waals surface area (Å²) in [6.07, 6.45) is 2.93. The van der Waals surface area contributed by atoms with Crippen molar-refractivity contribution in [1.29, 1.82) is 0 Å². The molecule has 0 aromatic heterocycles. The van der Waals surface area contributed by atoms with Crippen molar-refractivity contribution in [1.82, 2.24) is 10.6 Å². The van der Waals surface area contributed by atoms with Crippen LogP contribution in [-0.2, 0) is 16.6 Å². The number of nitrogens with zero attached hydrogens (tertiary/aromatic N) is 1. The first-order chi connectivity index (χ1) is 14.3. The van der Waals surface area contributed by atoms with E-state index in [2.05, 4.69) is 60.0 Å². The van der Waals surface area contributed by atoms with Crippen LogP contribution >= 0.6 is 24.0 Å². The highest BCUT2D eigenvalue weighted by Crippen LogP contribution is 2.36. The maximum absolute atomic E-state index is 5.65. The molecule has 1 heterocycles. The van der Waals surface area contributed by atoms with E-state index in [0.717, 1.165) is 63.8 Å². The zero-order chi connectivity index (χ0) is 20.4. The molecule has 0 atom stereocenters. The van der Waals surface area contributed by atoms with Gasteiger partial charge >= 0.3 is 0 Å². The van der Waals surface area contributed by atoms with Crippen LogP contribution in [0.25, 0.3) is 0 Å². The Labute approximate surface area is 197 Å². The summed E-state index contributed by atoms with van der Waals surface area (Å²) >= 11 is 0. The molecule has 0 amide bonds.